The zero-order chi connectivity index (χ0) is 15.2. The Kier molecular flexibility index (Phi) is 7.63. The molecule has 0 aliphatic heterocycles. The summed E-state index contributed by atoms with van der Waals surface area (Å²) < 4.78 is 0. The second kappa shape index (κ2) is 8.12. The maximum absolute atomic E-state index is 12.0. The zero-order valence-corrected chi connectivity index (χ0v) is 12.7. The van der Waals surface area contributed by atoms with E-state index in [1.54, 1.807) is 7.05 Å². The molecular weight excluding hydrogens is 244 g/mol. The lowest BCUT2D eigenvalue weighted by atomic mass is 10.0. The molecule has 2 atom stereocenters. The summed E-state index contributed by atoms with van der Waals surface area (Å²) >= 11 is 0. The molecule has 0 saturated carbocycles. The van der Waals surface area contributed by atoms with Crippen LogP contribution in [0.5, 0.6) is 0 Å². The fraction of sp³-hybridized carbons (Fsp3) is 0.846. The second-order valence-electron chi connectivity index (χ2n) is 5.42. The van der Waals surface area contributed by atoms with Crippen LogP contribution in [0.15, 0.2) is 0 Å². The van der Waals surface area contributed by atoms with E-state index < -0.39 is 11.9 Å². The largest absolute Gasteiger partial charge is 0.368 e. The molecule has 0 aliphatic carbocycles. The molecule has 0 aromatic heterocycles. The minimum absolute atomic E-state index is 0.0122. The highest BCUT2D eigenvalue weighted by molar-refractivity contribution is 5.86. The van der Waals surface area contributed by atoms with Crippen molar-refractivity contribution in [2.45, 2.75) is 45.8 Å². The molecule has 19 heavy (non-hydrogen) atoms. The summed E-state index contributed by atoms with van der Waals surface area (Å²) in [5.74, 6) is -0.507. The van der Waals surface area contributed by atoms with Gasteiger partial charge >= 0.3 is 0 Å². The van der Waals surface area contributed by atoms with Gasteiger partial charge in [0.15, 0.2) is 0 Å². The van der Waals surface area contributed by atoms with E-state index in [0.29, 0.717) is 12.8 Å². The molecule has 0 aromatic carbocycles. The van der Waals surface area contributed by atoms with Crippen molar-refractivity contribution >= 4 is 11.8 Å². The van der Waals surface area contributed by atoms with Crippen LogP contribution >= 0.6 is 0 Å². The van der Waals surface area contributed by atoms with Crippen LogP contribution in [0.2, 0.25) is 0 Å². The van der Waals surface area contributed by atoms with Gasteiger partial charge in [0.1, 0.15) is 6.04 Å². The first kappa shape index (κ1) is 17.9. The van der Waals surface area contributed by atoms with Gasteiger partial charge in [0.05, 0.1) is 6.17 Å². The number of carbonyl (C=O) groups is 2. The summed E-state index contributed by atoms with van der Waals surface area (Å²) in [7, 11) is 3.55. The molecule has 4 N–H and O–H groups in total. The highest BCUT2D eigenvalue weighted by Gasteiger charge is 2.27. The Balaban J connectivity index is 4.30. The van der Waals surface area contributed by atoms with E-state index >= 15 is 0 Å². The molecule has 0 aromatic rings. The highest BCUT2D eigenvalue weighted by atomic mass is 16.2. The van der Waals surface area contributed by atoms with Gasteiger partial charge in [0.2, 0.25) is 11.8 Å². The molecule has 0 rings (SSSR count). The van der Waals surface area contributed by atoms with Gasteiger partial charge in [-0.05, 0) is 32.9 Å². The third-order valence-electron chi connectivity index (χ3n) is 3.33. The molecule has 0 fully saturated rings. The SMILES string of the molecule is CC(C)C(C(N)=O)N(C)C(=O)CCCN(C)C(C)N. The van der Waals surface area contributed by atoms with Crippen molar-refractivity contribution in [3.8, 4) is 0 Å². The molecule has 112 valence electrons. The predicted octanol–water partition coefficient (Wildman–Crippen LogP) is -0.0286. The Morgan fingerprint density at radius 1 is 1.16 bits per heavy atom. The van der Waals surface area contributed by atoms with Gasteiger partial charge in [-0.2, -0.15) is 0 Å². The fourth-order valence-electron chi connectivity index (χ4n) is 1.98. The molecular formula is C13H28N4O2. The third-order valence-corrected chi connectivity index (χ3v) is 3.33. The second-order valence-corrected chi connectivity index (χ2v) is 5.42. The van der Waals surface area contributed by atoms with E-state index in [0.717, 1.165) is 6.54 Å². The van der Waals surface area contributed by atoms with Crippen molar-refractivity contribution in [2.24, 2.45) is 17.4 Å². The van der Waals surface area contributed by atoms with Crippen LogP contribution in [0.1, 0.15) is 33.6 Å². The van der Waals surface area contributed by atoms with Gasteiger partial charge in [-0.15, -0.1) is 0 Å². The first-order chi connectivity index (χ1) is 8.68. The predicted molar refractivity (Wildman–Crippen MR) is 76.1 cm³/mol. The quantitative estimate of drug-likeness (QED) is 0.607. The number of rotatable bonds is 8. The Morgan fingerprint density at radius 2 is 1.68 bits per heavy atom. The van der Waals surface area contributed by atoms with Crippen molar-refractivity contribution in [2.75, 3.05) is 20.6 Å². The van der Waals surface area contributed by atoms with E-state index in [1.807, 2.05) is 32.7 Å². The normalized spacial score (nSPS) is 14.5. The van der Waals surface area contributed by atoms with Crippen molar-refractivity contribution in [1.82, 2.24) is 9.80 Å². The van der Waals surface area contributed by atoms with Crippen LogP contribution in [0.25, 0.3) is 0 Å². The van der Waals surface area contributed by atoms with Crippen LogP contribution in [-0.2, 0) is 9.59 Å². The van der Waals surface area contributed by atoms with Gasteiger partial charge in [-0.25, -0.2) is 0 Å². The van der Waals surface area contributed by atoms with E-state index in [-0.39, 0.29) is 18.0 Å². The van der Waals surface area contributed by atoms with Gasteiger partial charge in [0, 0.05) is 13.5 Å². The summed E-state index contributed by atoms with van der Waals surface area (Å²) in [6.45, 7) is 6.40. The number of primary amides is 1. The summed E-state index contributed by atoms with van der Waals surface area (Å²) in [5, 5.41) is 0. The molecule has 6 heteroatoms. The van der Waals surface area contributed by atoms with Crippen LogP contribution in [0.4, 0.5) is 0 Å². The van der Waals surface area contributed by atoms with Crippen LogP contribution < -0.4 is 11.5 Å². The van der Waals surface area contributed by atoms with E-state index in [4.69, 9.17) is 11.5 Å². The number of hydrogen-bond donors (Lipinski definition) is 2. The number of nitrogens with two attached hydrogens (primary N) is 2. The molecule has 2 amide bonds. The Bertz CT molecular complexity index is 305. The van der Waals surface area contributed by atoms with E-state index in [9.17, 15) is 9.59 Å². The lowest BCUT2D eigenvalue weighted by Gasteiger charge is -2.29. The average molecular weight is 272 g/mol. The molecule has 0 saturated heterocycles. The summed E-state index contributed by atoms with van der Waals surface area (Å²) in [6.07, 6.45) is 1.08. The number of likely N-dealkylation sites (N-methyl/N-ethyl adjacent to an activating group) is 1. The van der Waals surface area contributed by atoms with E-state index in [2.05, 4.69) is 0 Å². The number of amides is 2. The Hall–Kier alpha value is -1.14. The van der Waals surface area contributed by atoms with Gasteiger partial charge in [-0.3, -0.25) is 14.5 Å². The summed E-state index contributed by atoms with van der Waals surface area (Å²) in [5.41, 5.74) is 11.0. The summed E-state index contributed by atoms with van der Waals surface area (Å²) in [6, 6.07) is -0.543. The zero-order valence-electron chi connectivity index (χ0n) is 12.7. The molecule has 6 nitrogen and oxygen atoms in total. The first-order valence-corrected chi connectivity index (χ1v) is 6.69. The van der Waals surface area contributed by atoms with Crippen molar-refractivity contribution in [3.05, 3.63) is 0 Å². The van der Waals surface area contributed by atoms with E-state index in [1.165, 1.54) is 4.90 Å². The number of carbonyl (C=O) groups excluding carboxylic acids is 2. The minimum atomic E-state index is -0.543. The third kappa shape index (κ3) is 6.02. The number of hydrogen-bond acceptors (Lipinski definition) is 4. The first-order valence-electron chi connectivity index (χ1n) is 6.69. The maximum Gasteiger partial charge on any atom is 0.240 e. The smallest absolute Gasteiger partial charge is 0.240 e. The molecule has 0 radical (unpaired) electrons. The maximum atomic E-state index is 12.0. The van der Waals surface area contributed by atoms with Crippen molar-refractivity contribution in [3.63, 3.8) is 0 Å². The Morgan fingerprint density at radius 3 is 2.05 bits per heavy atom. The van der Waals surface area contributed by atoms with Gasteiger partial charge < -0.3 is 16.4 Å². The molecule has 2 unspecified atom stereocenters. The van der Waals surface area contributed by atoms with Crippen LogP contribution in [0, 0.1) is 5.92 Å². The van der Waals surface area contributed by atoms with Crippen molar-refractivity contribution in [1.29, 1.82) is 0 Å². The van der Waals surface area contributed by atoms with Crippen LogP contribution in [0.3, 0.4) is 0 Å². The van der Waals surface area contributed by atoms with Gasteiger partial charge in [-0.1, -0.05) is 13.8 Å². The molecule has 0 bridgehead atoms. The average Bonchev–Trinajstić information content (AvgIpc) is 2.27. The molecule has 0 spiro atoms. The fourth-order valence-corrected chi connectivity index (χ4v) is 1.98. The topological polar surface area (TPSA) is 92.7 Å². The molecule has 0 heterocycles. The monoisotopic (exact) mass is 272 g/mol. The van der Waals surface area contributed by atoms with Crippen LogP contribution in [-0.4, -0.2) is 54.5 Å². The number of nitrogens with zero attached hydrogens (tertiary/aromatic N) is 2. The lowest BCUT2D eigenvalue weighted by molar-refractivity contribution is -0.139. The minimum Gasteiger partial charge on any atom is -0.368 e. The Labute approximate surface area is 116 Å². The standard InChI is InChI=1S/C13H28N4O2/c1-9(2)12(13(15)19)17(5)11(18)7-6-8-16(4)10(3)14/h9-10,12H,6-8,14H2,1-5H3,(H2,15,19). The van der Waals surface area contributed by atoms with Gasteiger partial charge in [0.25, 0.3) is 0 Å². The van der Waals surface area contributed by atoms with Crippen molar-refractivity contribution < 1.29 is 9.59 Å². The lowest BCUT2D eigenvalue weighted by Crippen LogP contribution is -2.48. The summed E-state index contributed by atoms with van der Waals surface area (Å²) in [4.78, 5) is 26.8. The highest BCUT2D eigenvalue weighted by Crippen LogP contribution is 2.11. The molecule has 0 aliphatic rings.